The first-order chi connectivity index (χ1) is 17.6. The number of aromatic nitrogens is 5. The second-order valence-electron chi connectivity index (χ2n) is 9.70. The van der Waals surface area contributed by atoms with Crippen LogP contribution in [-0.2, 0) is 24.2 Å². The van der Waals surface area contributed by atoms with Gasteiger partial charge in [-0.1, -0.05) is 49.4 Å². The summed E-state index contributed by atoms with van der Waals surface area (Å²) in [5.74, 6) is 0.828. The summed E-state index contributed by atoms with van der Waals surface area (Å²) in [5.41, 5.74) is 3.95. The van der Waals surface area contributed by atoms with Crippen LogP contribution in [0.2, 0.25) is 0 Å². The Labute approximate surface area is 211 Å². The minimum absolute atomic E-state index is 0.0294. The SMILES string of the molecule is CC[C@@H](c1nnnn1C[C@@H]1CCCO1)N(CCc1ccccc1)Cc1cc2ccc(C)cc2[nH]c1=O. The minimum Gasteiger partial charge on any atom is -0.376 e. The van der Waals surface area contributed by atoms with Crippen molar-refractivity contribution < 1.29 is 4.74 Å². The first-order valence-corrected chi connectivity index (χ1v) is 12.9. The van der Waals surface area contributed by atoms with Crippen molar-refractivity contribution in [3.63, 3.8) is 0 Å². The van der Waals surface area contributed by atoms with E-state index < -0.39 is 0 Å². The number of hydrogen-bond acceptors (Lipinski definition) is 6. The third-order valence-corrected chi connectivity index (χ3v) is 7.07. The van der Waals surface area contributed by atoms with Gasteiger partial charge in [0, 0.05) is 30.8 Å². The summed E-state index contributed by atoms with van der Waals surface area (Å²) in [4.78, 5) is 18.5. The number of aromatic amines is 1. The number of rotatable bonds is 10. The number of nitrogens with zero attached hydrogens (tertiary/aromatic N) is 5. The van der Waals surface area contributed by atoms with E-state index in [0.29, 0.717) is 13.1 Å². The lowest BCUT2D eigenvalue weighted by Gasteiger charge is -2.30. The van der Waals surface area contributed by atoms with Crippen molar-refractivity contribution in [1.82, 2.24) is 30.1 Å². The number of ether oxygens (including phenoxy) is 1. The molecule has 0 saturated carbocycles. The Hall–Kier alpha value is -3.36. The first kappa shape index (κ1) is 24.3. The minimum atomic E-state index is -0.0494. The molecule has 1 N–H and O–H groups in total. The van der Waals surface area contributed by atoms with Crippen LogP contribution in [0.5, 0.6) is 0 Å². The summed E-state index contributed by atoms with van der Waals surface area (Å²) in [6, 6.07) is 18.6. The number of H-pyrrole nitrogens is 1. The Bertz CT molecular complexity index is 1340. The molecule has 0 radical (unpaired) electrons. The lowest BCUT2D eigenvalue weighted by atomic mass is 10.1. The average Bonchev–Trinajstić information content (AvgIpc) is 3.57. The maximum absolute atomic E-state index is 13.1. The standard InChI is InChI=1S/C28H34N6O2/c1-3-26(27-30-31-32-34(27)19-24-10-7-15-36-24)33(14-13-21-8-5-4-6-9-21)18-23-17-22-12-11-20(2)16-25(22)29-28(23)35/h4-6,8-9,11-12,16-17,24,26H,3,7,10,13-15,18-19H2,1-2H3,(H,29,35)/t24-,26-/m0/s1. The normalized spacial score (nSPS) is 16.7. The van der Waals surface area contributed by atoms with Crippen LogP contribution in [0, 0.1) is 6.92 Å². The average molecular weight is 487 g/mol. The highest BCUT2D eigenvalue weighted by atomic mass is 16.5. The Morgan fingerprint density at radius 2 is 2.06 bits per heavy atom. The fourth-order valence-electron chi connectivity index (χ4n) is 5.12. The van der Waals surface area contributed by atoms with E-state index in [0.717, 1.165) is 66.7 Å². The molecular formula is C28H34N6O2. The molecule has 1 aliphatic heterocycles. The van der Waals surface area contributed by atoms with Crippen molar-refractivity contribution in [2.24, 2.45) is 0 Å². The molecule has 36 heavy (non-hydrogen) atoms. The number of pyridine rings is 1. The summed E-state index contributed by atoms with van der Waals surface area (Å²) in [5, 5.41) is 13.8. The zero-order valence-electron chi connectivity index (χ0n) is 21.1. The summed E-state index contributed by atoms with van der Waals surface area (Å²) >= 11 is 0. The third kappa shape index (κ3) is 5.55. The maximum Gasteiger partial charge on any atom is 0.252 e. The molecular weight excluding hydrogens is 452 g/mol. The van der Waals surface area contributed by atoms with Crippen LogP contribution in [0.25, 0.3) is 10.9 Å². The summed E-state index contributed by atoms with van der Waals surface area (Å²) in [7, 11) is 0. The summed E-state index contributed by atoms with van der Waals surface area (Å²) in [6.07, 6.45) is 3.95. The van der Waals surface area contributed by atoms with Crippen molar-refractivity contribution in [3.8, 4) is 0 Å². The molecule has 2 aromatic carbocycles. The van der Waals surface area contributed by atoms with Gasteiger partial charge < -0.3 is 9.72 Å². The van der Waals surface area contributed by atoms with Crippen LogP contribution < -0.4 is 5.56 Å². The molecule has 0 unspecified atom stereocenters. The van der Waals surface area contributed by atoms with Crippen LogP contribution in [0.4, 0.5) is 0 Å². The number of nitrogens with one attached hydrogen (secondary N) is 1. The van der Waals surface area contributed by atoms with E-state index in [-0.39, 0.29) is 17.7 Å². The third-order valence-electron chi connectivity index (χ3n) is 7.07. The molecule has 5 rings (SSSR count). The lowest BCUT2D eigenvalue weighted by molar-refractivity contribution is 0.0893. The van der Waals surface area contributed by atoms with Gasteiger partial charge in [-0.05, 0) is 71.7 Å². The van der Waals surface area contributed by atoms with Gasteiger partial charge in [-0.15, -0.1) is 5.10 Å². The number of benzene rings is 2. The van der Waals surface area contributed by atoms with Crippen LogP contribution in [0.15, 0.2) is 59.4 Å². The first-order valence-electron chi connectivity index (χ1n) is 12.9. The molecule has 8 heteroatoms. The Morgan fingerprint density at radius 3 is 2.83 bits per heavy atom. The van der Waals surface area contributed by atoms with Gasteiger partial charge in [0.05, 0.1) is 18.7 Å². The monoisotopic (exact) mass is 486 g/mol. The Morgan fingerprint density at radius 1 is 1.19 bits per heavy atom. The predicted octanol–water partition coefficient (Wildman–Crippen LogP) is 4.20. The largest absolute Gasteiger partial charge is 0.376 e. The molecule has 1 aliphatic rings. The molecule has 0 aliphatic carbocycles. The van der Waals surface area contributed by atoms with Crippen LogP contribution in [0.1, 0.15) is 54.7 Å². The van der Waals surface area contributed by atoms with Gasteiger partial charge in [-0.2, -0.15) is 0 Å². The second-order valence-corrected chi connectivity index (χ2v) is 9.70. The van der Waals surface area contributed by atoms with E-state index >= 15 is 0 Å². The zero-order chi connectivity index (χ0) is 24.9. The Balaban J connectivity index is 1.45. The van der Waals surface area contributed by atoms with Gasteiger partial charge in [0.15, 0.2) is 5.82 Å². The van der Waals surface area contributed by atoms with E-state index in [9.17, 15) is 4.79 Å². The Kier molecular flexibility index (Phi) is 7.53. The van der Waals surface area contributed by atoms with Crippen molar-refractivity contribution in [1.29, 1.82) is 0 Å². The molecule has 188 valence electrons. The molecule has 0 amide bonds. The number of hydrogen-bond donors (Lipinski definition) is 1. The van der Waals surface area contributed by atoms with E-state index in [1.807, 2.05) is 29.8 Å². The quantitative estimate of drug-likeness (QED) is 0.361. The molecule has 2 atom stereocenters. The second kappa shape index (κ2) is 11.1. The van der Waals surface area contributed by atoms with Crippen molar-refractivity contribution in [2.45, 2.75) is 64.8 Å². The van der Waals surface area contributed by atoms with Gasteiger partial charge in [-0.3, -0.25) is 9.69 Å². The molecule has 1 fully saturated rings. The van der Waals surface area contributed by atoms with Gasteiger partial charge in [-0.25, -0.2) is 4.68 Å². The highest BCUT2D eigenvalue weighted by Gasteiger charge is 2.27. The number of aryl methyl sites for hydroxylation is 1. The topological polar surface area (TPSA) is 88.9 Å². The summed E-state index contributed by atoms with van der Waals surface area (Å²) < 4.78 is 7.74. The van der Waals surface area contributed by atoms with Gasteiger partial charge in [0.25, 0.3) is 5.56 Å². The molecule has 0 spiro atoms. The lowest BCUT2D eigenvalue weighted by Crippen LogP contribution is -2.34. The molecule has 8 nitrogen and oxygen atoms in total. The van der Waals surface area contributed by atoms with Crippen LogP contribution >= 0.6 is 0 Å². The van der Waals surface area contributed by atoms with E-state index in [1.165, 1.54) is 5.56 Å². The van der Waals surface area contributed by atoms with E-state index in [1.54, 1.807) is 0 Å². The summed E-state index contributed by atoms with van der Waals surface area (Å²) in [6.45, 7) is 6.92. The molecule has 2 aromatic heterocycles. The molecule has 3 heterocycles. The highest BCUT2D eigenvalue weighted by molar-refractivity contribution is 5.79. The molecule has 0 bridgehead atoms. The zero-order valence-corrected chi connectivity index (χ0v) is 21.1. The fraction of sp³-hybridized carbons (Fsp3) is 0.429. The number of fused-ring (bicyclic) bond motifs is 1. The van der Waals surface area contributed by atoms with Crippen molar-refractivity contribution >= 4 is 10.9 Å². The highest BCUT2D eigenvalue weighted by Crippen LogP contribution is 2.26. The van der Waals surface area contributed by atoms with Crippen LogP contribution in [-0.4, -0.2) is 49.3 Å². The molecule has 4 aromatic rings. The fourth-order valence-corrected chi connectivity index (χ4v) is 5.12. The van der Waals surface area contributed by atoms with E-state index in [4.69, 9.17) is 4.74 Å². The number of tetrazole rings is 1. The predicted molar refractivity (Wildman–Crippen MR) is 140 cm³/mol. The van der Waals surface area contributed by atoms with Gasteiger partial charge >= 0.3 is 0 Å². The molecule has 1 saturated heterocycles. The van der Waals surface area contributed by atoms with Gasteiger partial charge in [0.2, 0.25) is 0 Å². The van der Waals surface area contributed by atoms with Crippen LogP contribution in [0.3, 0.4) is 0 Å². The van der Waals surface area contributed by atoms with Crippen molar-refractivity contribution in [3.05, 3.63) is 87.5 Å². The van der Waals surface area contributed by atoms with Gasteiger partial charge in [0.1, 0.15) is 0 Å². The smallest absolute Gasteiger partial charge is 0.252 e. The maximum atomic E-state index is 13.1. The van der Waals surface area contributed by atoms with E-state index in [2.05, 4.69) is 68.7 Å². The van der Waals surface area contributed by atoms with Crippen molar-refractivity contribution in [2.75, 3.05) is 13.2 Å².